The minimum atomic E-state index is 0.720. The van der Waals surface area contributed by atoms with Gasteiger partial charge in [0.15, 0.2) is 0 Å². The number of hydrogen-bond donors (Lipinski definition) is 0. The van der Waals surface area contributed by atoms with E-state index in [0.29, 0.717) is 0 Å². The summed E-state index contributed by atoms with van der Waals surface area (Å²) in [5.41, 5.74) is 1.16. The summed E-state index contributed by atoms with van der Waals surface area (Å²) in [6.07, 6.45) is 2.87. The average Bonchev–Trinajstić information content (AvgIpc) is 2.38. The zero-order chi connectivity index (χ0) is 11.9. The Morgan fingerprint density at radius 2 is 2.18 bits per heavy atom. The smallest absolute Gasteiger partial charge is 0.213 e. The second-order valence-electron chi connectivity index (χ2n) is 4.33. The Balaban J connectivity index is 1.60. The van der Waals surface area contributed by atoms with Gasteiger partial charge < -0.3 is 9.47 Å². The van der Waals surface area contributed by atoms with Gasteiger partial charge in [0.05, 0.1) is 19.8 Å². The van der Waals surface area contributed by atoms with Crippen molar-refractivity contribution in [3.05, 3.63) is 23.9 Å². The molecule has 4 heteroatoms. The maximum absolute atomic E-state index is 5.58. The summed E-state index contributed by atoms with van der Waals surface area (Å²) in [6.45, 7) is 7.64. The molecule has 1 aliphatic heterocycles. The lowest BCUT2D eigenvalue weighted by Gasteiger charge is -2.26. The first kappa shape index (κ1) is 12.3. The van der Waals surface area contributed by atoms with E-state index in [1.54, 1.807) is 0 Å². The van der Waals surface area contributed by atoms with Crippen molar-refractivity contribution in [1.82, 2.24) is 9.88 Å². The van der Waals surface area contributed by atoms with Gasteiger partial charge >= 0.3 is 0 Å². The van der Waals surface area contributed by atoms with Crippen LogP contribution in [0.2, 0.25) is 0 Å². The van der Waals surface area contributed by atoms with Gasteiger partial charge in [-0.3, -0.25) is 4.90 Å². The summed E-state index contributed by atoms with van der Waals surface area (Å²) in [4.78, 5) is 6.62. The number of rotatable bonds is 5. The van der Waals surface area contributed by atoms with E-state index in [9.17, 15) is 0 Å². The second kappa shape index (κ2) is 6.57. The maximum Gasteiger partial charge on any atom is 0.213 e. The molecule has 2 rings (SSSR count). The molecule has 0 spiro atoms. The minimum Gasteiger partial charge on any atom is -0.478 e. The highest BCUT2D eigenvalue weighted by Gasteiger charge is 2.09. The monoisotopic (exact) mass is 236 g/mol. The molecule has 0 amide bonds. The van der Waals surface area contributed by atoms with Crippen molar-refractivity contribution in [2.75, 3.05) is 39.5 Å². The highest BCUT2D eigenvalue weighted by molar-refractivity contribution is 5.16. The van der Waals surface area contributed by atoms with Crippen LogP contribution in [0.25, 0.3) is 0 Å². The molecule has 1 aliphatic rings. The summed E-state index contributed by atoms with van der Waals surface area (Å²) >= 11 is 0. The molecule has 2 heterocycles. The Kier molecular flexibility index (Phi) is 4.76. The summed E-state index contributed by atoms with van der Waals surface area (Å²) < 4.78 is 10.9. The molecule has 1 fully saturated rings. The first-order valence-corrected chi connectivity index (χ1v) is 6.20. The van der Waals surface area contributed by atoms with E-state index in [1.807, 2.05) is 25.3 Å². The lowest BCUT2D eigenvalue weighted by atomic mass is 10.3. The highest BCUT2D eigenvalue weighted by Crippen LogP contribution is 2.07. The number of aryl methyl sites for hydroxylation is 1. The zero-order valence-corrected chi connectivity index (χ0v) is 10.4. The molecule has 94 valence electrons. The second-order valence-corrected chi connectivity index (χ2v) is 4.33. The van der Waals surface area contributed by atoms with Gasteiger partial charge in [-0.2, -0.15) is 0 Å². The number of pyridine rings is 1. The molecular formula is C13H20N2O2. The lowest BCUT2D eigenvalue weighted by Crippen LogP contribution is -2.37. The van der Waals surface area contributed by atoms with E-state index in [-0.39, 0.29) is 0 Å². The van der Waals surface area contributed by atoms with Crippen molar-refractivity contribution in [1.29, 1.82) is 0 Å². The molecule has 17 heavy (non-hydrogen) atoms. The van der Waals surface area contributed by atoms with Gasteiger partial charge in [0, 0.05) is 31.9 Å². The number of morpholine rings is 1. The van der Waals surface area contributed by atoms with E-state index in [0.717, 1.165) is 57.3 Å². The molecule has 0 N–H and O–H groups in total. The number of nitrogens with zero attached hydrogens (tertiary/aromatic N) is 2. The van der Waals surface area contributed by atoms with Gasteiger partial charge in [0.1, 0.15) is 0 Å². The van der Waals surface area contributed by atoms with Gasteiger partial charge in [-0.1, -0.05) is 6.07 Å². The van der Waals surface area contributed by atoms with E-state index in [4.69, 9.17) is 9.47 Å². The quantitative estimate of drug-likeness (QED) is 0.726. The van der Waals surface area contributed by atoms with Gasteiger partial charge in [0.2, 0.25) is 5.88 Å². The van der Waals surface area contributed by atoms with Crippen molar-refractivity contribution >= 4 is 0 Å². The van der Waals surface area contributed by atoms with E-state index >= 15 is 0 Å². The molecule has 0 radical (unpaired) electrons. The van der Waals surface area contributed by atoms with Crippen LogP contribution in [0.3, 0.4) is 0 Å². The molecule has 0 aliphatic carbocycles. The lowest BCUT2D eigenvalue weighted by molar-refractivity contribution is 0.0357. The van der Waals surface area contributed by atoms with Gasteiger partial charge in [-0.05, 0) is 18.9 Å². The van der Waals surface area contributed by atoms with Crippen LogP contribution < -0.4 is 4.74 Å². The largest absolute Gasteiger partial charge is 0.478 e. The molecular weight excluding hydrogens is 216 g/mol. The average molecular weight is 236 g/mol. The van der Waals surface area contributed by atoms with Crippen LogP contribution >= 0.6 is 0 Å². The van der Waals surface area contributed by atoms with Gasteiger partial charge in [0.25, 0.3) is 0 Å². The number of hydrogen-bond acceptors (Lipinski definition) is 4. The first-order valence-electron chi connectivity index (χ1n) is 6.20. The predicted molar refractivity (Wildman–Crippen MR) is 66.3 cm³/mol. The fourth-order valence-corrected chi connectivity index (χ4v) is 1.83. The van der Waals surface area contributed by atoms with Crippen molar-refractivity contribution in [2.24, 2.45) is 0 Å². The SMILES string of the molecule is Cc1ccc(OCCCN2CCOCC2)nc1. The van der Waals surface area contributed by atoms with Crippen LogP contribution in [0, 0.1) is 6.92 Å². The minimum absolute atomic E-state index is 0.720. The highest BCUT2D eigenvalue weighted by atomic mass is 16.5. The normalized spacial score (nSPS) is 17.0. The summed E-state index contributed by atoms with van der Waals surface area (Å²) in [5, 5.41) is 0. The standard InChI is InChI=1S/C13H20N2O2/c1-12-3-4-13(14-11-12)17-8-2-5-15-6-9-16-10-7-15/h3-4,11H,2,5-10H2,1H3. The molecule has 1 aromatic heterocycles. The third-order valence-corrected chi connectivity index (χ3v) is 2.86. The molecule has 0 bridgehead atoms. The Labute approximate surface area is 103 Å². The summed E-state index contributed by atoms with van der Waals surface area (Å²) in [6, 6.07) is 3.94. The number of aromatic nitrogens is 1. The summed E-state index contributed by atoms with van der Waals surface area (Å²) in [5.74, 6) is 0.720. The number of ether oxygens (including phenoxy) is 2. The van der Waals surface area contributed by atoms with Crippen LogP contribution in [0.1, 0.15) is 12.0 Å². The molecule has 0 aromatic carbocycles. The molecule has 1 saturated heterocycles. The van der Waals surface area contributed by atoms with Crippen LogP contribution in [-0.2, 0) is 4.74 Å². The fraction of sp³-hybridized carbons (Fsp3) is 0.615. The van der Waals surface area contributed by atoms with E-state index in [1.165, 1.54) is 0 Å². The molecule has 0 saturated carbocycles. The molecule has 0 unspecified atom stereocenters. The fourth-order valence-electron chi connectivity index (χ4n) is 1.83. The van der Waals surface area contributed by atoms with Crippen molar-refractivity contribution < 1.29 is 9.47 Å². The van der Waals surface area contributed by atoms with Crippen molar-refractivity contribution in [3.8, 4) is 5.88 Å². The van der Waals surface area contributed by atoms with Crippen molar-refractivity contribution in [3.63, 3.8) is 0 Å². The predicted octanol–water partition coefficient (Wildman–Crippen LogP) is 1.49. The van der Waals surface area contributed by atoms with E-state index < -0.39 is 0 Å². The van der Waals surface area contributed by atoms with Gasteiger partial charge in [-0.25, -0.2) is 4.98 Å². The van der Waals surface area contributed by atoms with E-state index in [2.05, 4.69) is 9.88 Å². The summed E-state index contributed by atoms with van der Waals surface area (Å²) in [7, 11) is 0. The molecule has 4 nitrogen and oxygen atoms in total. The Morgan fingerprint density at radius 1 is 1.35 bits per heavy atom. The Hall–Kier alpha value is -1.13. The van der Waals surface area contributed by atoms with Crippen LogP contribution in [0.4, 0.5) is 0 Å². The molecule has 0 atom stereocenters. The van der Waals surface area contributed by atoms with Crippen molar-refractivity contribution in [2.45, 2.75) is 13.3 Å². The maximum atomic E-state index is 5.58. The topological polar surface area (TPSA) is 34.6 Å². The molecule has 1 aromatic rings. The van der Waals surface area contributed by atoms with Crippen LogP contribution in [0.15, 0.2) is 18.3 Å². The first-order chi connectivity index (χ1) is 8.34. The zero-order valence-electron chi connectivity index (χ0n) is 10.4. The van der Waals surface area contributed by atoms with Crippen LogP contribution in [0.5, 0.6) is 5.88 Å². The van der Waals surface area contributed by atoms with Gasteiger partial charge in [-0.15, -0.1) is 0 Å². The Bertz CT molecular complexity index is 321. The third-order valence-electron chi connectivity index (χ3n) is 2.86. The van der Waals surface area contributed by atoms with Crippen LogP contribution in [-0.4, -0.2) is 49.3 Å². The third kappa shape index (κ3) is 4.32. The Morgan fingerprint density at radius 3 is 2.88 bits per heavy atom.